The topological polar surface area (TPSA) is 71.9 Å². The maximum absolute atomic E-state index is 16.1. The van der Waals surface area contributed by atoms with Crippen LogP contribution in [0.1, 0.15) is 41.8 Å². The predicted molar refractivity (Wildman–Crippen MR) is 148 cm³/mol. The summed E-state index contributed by atoms with van der Waals surface area (Å²) >= 11 is 0. The Balaban J connectivity index is 1.58. The summed E-state index contributed by atoms with van der Waals surface area (Å²) in [5.41, 5.74) is 5.36. The van der Waals surface area contributed by atoms with Crippen LogP contribution in [0.3, 0.4) is 0 Å². The van der Waals surface area contributed by atoms with Crippen molar-refractivity contribution >= 4 is 16.9 Å². The highest BCUT2D eigenvalue weighted by Gasteiger charge is 2.34. The summed E-state index contributed by atoms with van der Waals surface area (Å²) in [7, 11) is 1.49. The fraction of sp³-hybridized carbons (Fsp3) is 0.300. The van der Waals surface area contributed by atoms with Crippen molar-refractivity contribution in [1.82, 2.24) is 24.7 Å². The molecule has 0 fully saturated rings. The van der Waals surface area contributed by atoms with E-state index in [1.807, 2.05) is 16.8 Å². The van der Waals surface area contributed by atoms with Gasteiger partial charge >= 0.3 is 6.18 Å². The number of halogens is 4. The SMILES string of the molecule is CCc1cccc(CC)c1-n1nc2c(c1-c1c(F)cc(OC)c3[nH]ccc13)CN(c1ncc(C(F)(F)F)cn1)CC2. The van der Waals surface area contributed by atoms with E-state index in [1.54, 1.807) is 11.1 Å². The minimum Gasteiger partial charge on any atom is -0.494 e. The Morgan fingerprint density at radius 3 is 2.39 bits per heavy atom. The van der Waals surface area contributed by atoms with E-state index in [0.717, 1.165) is 53.3 Å². The number of aromatic amines is 1. The summed E-state index contributed by atoms with van der Waals surface area (Å²) in [6.45, 7) is 4.85. The van der Waals surface area contributed by atoms with E-state index in [0.29, 0.717) is 40.9 Å². The largest absolute Gasteiger partial charge is 0.494 e. The number of nitrogens with one attached hydrogen (secondary N) is 1. The van der Waals surface area contributed by atoms with Gasteiger partial charge in [-0.1, -0.05) is 32.0 Å². The van der Waals surface area contributed by atoms with E-state index in [4.69, 9.17) is 9.84 Å². The number of hydrogen-bond donors (Lipinski definition) is 1. The summed E-state index contributed by atoms with van der Waals surface area (Å²) in [4.78, 5) is 13.0. The maximum atomic E-state index is 16.1. The number of methoxy groups -OCH3 is 1. The van der Waals surface area contributed by atoms with Gasteiger partial charge in [-0.2, -0.15) is 18.3 Å². The Morgan fingerprint density at radius 2 is 1.76 bits per heavy atom. The standard InChI is InChI=1S/C30H28F4N6O/c1-4-17-7-6-8-18(5-2)27(17)40-28(25-20-9-11-35-26(20)24(41-3)13-22(25)31)21-16-39(12-10-23(21)38-40)29-36-14-19(15-37-29)30(32,33)34/h6-9,11,13-15,35H,4-5,10,12,16H2,1-3H3. The lowest BCUT2D eigenvalue weighted by Crippen LogP contribution is -2.31. The van der Waals surface area contributed by atoms with Crippen LogP contribution in [0.4, 0.5) is 23.5 Å². The molecular weight excluding hydrogens is 536 g/mol. The van der Waals surface area contributed by atoms with Crippen LogP contribution in [0, 0.1) is 5.82 Å². The van der Waals surface area contributed by atoms with Crippen LogP contribution < -0.4 is 9.64 Å². The second-order valence-corrected chi connectivity index (χ2v) is 9.96. The number of anilines is 1. The average Bonchev–Trinajstić information content (AvgIpc) is 3.61. The Morgan fingerprint density at radius 1 is 1.05 bits per heavy atom. The third kappa shape index (κ3) is 4.49. The molecule has 212 valence electrons. The van der Waals surface area contributed by atoms with Crippen molar-refractivity contribution in [3.05, 3.63) is 82.7 Å². The molecule has 0 saturated heterocycles. The molecular formula is C30H28F4N6O. The Kier molecular flexibility index (Phi) is 6.67. The van der Waals surface area contributed by atoms with E-state index in [2.05, 4.69) is 40.9 Å². The van der Waals surface area contributed by atoms with Crippen LogP contribution in [-0.2, 0) is 32.0 Å². The third-order valence-electron chi connectivity index (χ3n) is 7.68. The first-order valence-electron chi connectivity index (χ1n) is 13.4. The first-order valence-corrected chi connectivity index (χ1v) is 13.4. The molecule has 0 atom stereocenters. The highest BCUT2D eigenvalue weighted by molar-refractivity contribution is 5.99. The lowest BCUT2D eigenvalue weighted by atomic mass is 9.96. The van der Waals surface area contributed by atoms with E-state index in [-0.39, 0.29) is 12.5 Å². The van der Waals surface area contributed by atoms with Gasteiger partial charge in [-0.3, -0.25) is 0 Å². The Hall–Kier alpha value is -4.41. The van der Waals surface area contributed by atoms with Crippen LogP contribution in [0.15, 0.2) is 48.9 Å². The van der Waals surface area contributed by atoms with Gasteiger partial charge in [-0.05, 0) is 30.0 Å². The fourth-order valence-corrected chi connectivity index (χ4v) is 5.65. The van der Waals surface area contributed by atoms with Gasteiger partial charge in [0.25, 0.3) is 0 Å². The summed E-state index contributed by atoms with van der Waals surface area (Å²) in [6.07, 6.45) is 0.790. The monoisotopic (exact) mass is 564 g/mol. The van der Waals surface area contributed by atoms with Crippen molar-refractivity contribution in [3.63, 3.8) is 0 Å². The van der Waals surface area contributed by atoms with Gasteiger partial charge in [0.1, 0.15) is 11.6 Å². The summed E-state index contributed by atoms with van der Waals surface area (Å²) in [6, 6.07) is 9.30. The number of aromatic nitrogens is 5. The zero-order valence-corrected chi connectivity index (χ0v) is 22.8. The van der Waals surface area contributed by atoms with Crippen LogP contribution in [0.5, 0.6) is 5.75 Å². The normalized spacial score (nSPS) is 13.6. The second kappa shape index (κ2) is 10.2. The number of rotatable bonds is 6. The molecule has 3 aromatic heterocycles. The number of H-pyrrole nitrogens is 1. The zero-order chi connectivity index (χ0) is 28.9. The molecule has 7 nitrogen and oxygen atoms in total. The first-order chi connectivity index (χ1) is 19.7. The van der Waals surface area contributed by atoms with Gasteiger partial charge in [0.15, 0.2) is 0 Å². The molecule has 2 aromatic carbocycles. The number of nitrogens with zero attached hydrogens (tertiary/aromatic N) is 5. The number of fused-ring (bicyclic) bond motifs is 2. The number of aryl methyl sites for hydroxylation is 2. The molecule has 6 rings (SSSR count). The average molecular weight is 565 g/mol. The minimum absolute atomic E-state index is 0.174. The van der Waals surface area contributed by atoms with Crippen LogP contribution >= 0.6 is 0 Å². The number of para-hydroxylation sites is 1. The second-order valence-electron chi connectivity index (χ2n) is 9.96. The Bertz CT molecular complexity index is 1720. The molecule has 1 aliphatic rings. The summed E-state index contributed by atoms with van der Waals surface area (Å²) in [5, 5.41) is 5.70. The van der Waals surface area contributed by atoms with Crippen molar-refractivity contribution in [2.24, 2.45) is 0 Å². The smallest absolute Gasteiger partial charge is 0.419 e. The van der Waals surface area contributed by atoms with E-state index in [9.17, 15) is 13.2 Å². The quantitative estimate of drug-likeness (QED) is 0.234. The molecule has 41 heavy (non-hydrogen) atoms. The fourth-order valence-electron chi connectivity index (χ4n) is 5.65. The van der Waals surface area contributed by atoms with Gasteiger partial charge in [0, 0.05) is 60.7 Å². The van der Waals surface area contributed by atoms with Crippen molar-refractivity contribution in [1.29, 1.82) is 0 Å². The number of benzene rings is 2. The van der Waals surface area contributed by atoms with Gasteiger partial charge in [0.2, 0.25) is 5.95 Å². The van der Waals surface area contributed by atoms with Gasteiger partial charge in [-0.25, -0.2) is 19.0 Å². The molecule has 0 aliphatic carbocycles. The van der Waals surface area contributed by atoms with Crippen LogP contribution in [-0.4, -0.2) is 38.4 Å². The predicted octanol–water partition coefficient (Wildman–Crippen LogP) is 6.66. The molecule has 0 amide bonds. The molecule has 0 unspecified atom stereocenters. The molecule has 11 heteroatoms. The van der Waals surface area contributed by atoms with Gasteiger partial charge in [0.05, 0.1) is 35.3 Å². The lowest BCUT2D eigenvalue weighted by Gasteiger charge is -2.27. The van der Waals surface area contributed by atoms with Crippen molar-refractivity contribution in [3.8, 4) is 22.7 Å². The first kappa shape index (κ1) is 26.8. The minimum atomic E-state index is -4.53. The number of hydrogen-bond acceptors (Lipinski definition) is 5. The number of alkyl halides is 3. The van der Waals surface area contributed by atoms with Crippen LogP contribution in [0.25, 0.3) is 27.8 Å². The van der Waals surface area contributed by atoms with E-state index in [1.165, 1.54) is 13.2 Å². The van der Waals surface area contributed by atoms with E-state index >= 15 is 4.39 Å². The molecule has 0 bridgehead atoms. The summed E-state index contributed by atoms with van der Waals surface area (Å²) < 4.78 is 62.8. The van der Waals surface area contributed by atoms with Crippen LogP contribution in [0.2, 0.25) is 0 Å². The molecule has 5 aromatic rings. The lowest BCUT2D eigenvalue weighted by molar-refractivity contribution is -0.138. The highest BCUT2D eigenvalue weighted by atomic mass is 19.4. The highest BCUT2D eigenvalue weighted by Crippen LogP contribution is 2.42. The van der Waals surface area contributed by atoms with E-state index < -0.39 is 17.6 Å². The molecule has 1 aliphatic heterocycles. The maximum Gasteiger partial charge on any atom is 0.419 e. The molecule has 0 radical (unpaired) electrons. The Labute approximate surface area is 233 Å². The molecule has 0 spiro atoms. The van der Waals surface area contributed by atoms with Crippen molar-refractivity contribution in [2.45, 2.75) is 45.8 Å². The van der Waals surface area contributed by atoms with Gasteiger partial charge in [-0.15, -0.1) is 0 Å². The summed E-state index contributed by atoms with van der Waals surface area (Å²) in [5.74, 6) is 0.0922. The number of ether oxygens (including phenoxy) is 1. The third-order valence-corrected chi connectivity index (χ3v) is 7.68. The van der Waals surface area contributed by atoms with Crippen molar-refractivity contribution in [2.75, 3.05) is 18.6 Å². The molecule has 0 saturated carbocycles. The molecule has 4 heterocycles. The van der Waals surface area contributed by atoms with Gasteiger partial charge < -0.3 is 14.6 Å². The zero-order valence-electron chi connectivity index (χ0n) is 22.8. The molecule has 1 N–H and O–H groups in total. The van der Waals surface area contributed by atoms with Crippen molar-refractivity contribution < 1.29 is 22.3 Å².